The molecule has 0 saturated carbocycles. The predicted octanol–water partition coefficient (Wildman–Crippen LogP) is 1.53. The van der Waals surface area contributed by atoms with Crippen molar-refractivity contribution < 1.29 is 14.7 Å². The van der Waals surface area contributed by atoms with Crippen molar-refractivity contribution in [2.24, 2.45) is 0 Å². The van der Waals surface area contributed by atoms with Crippen LogP contribution in [0.25, 0.3) is 0 Å². The zero-order valence-corrected chi connectivity index (χ0v) is 11.3. The first-order valence-corrected chi connectivity index (χ1v) is 7.80. The Labute approximate surface area is 107 Å². The van der Waals surface area contributed by atoms with Crippen molar-refractivity contribution in [3.63, 3.8) is 0 Å². The Morgan fingerprint density at radius 3 is 1.33 bits per heavy atom. The van der Waals surface area contributed by atoms with Gasteiger partial charge in [-0.1, -0.05) is 0 Å². The molecule has 0 aliphatic heterocycles. The van der Waals surface area contributed by atoms with Crippen LogP contribution < -0.4 is 10.6 Å². The Kier molecular flexibility index (Phi) is 3.04. The van der Waals surface area contributed by atoms with Crippen LogP contribution in [0.1, 0.15) is 11.1 Å². The van der Waals surface area contributed by atoms with E-state index in [9.17, 15) is 14.7 Å². The minimum absolute atomic E-state index is 0.192. The molecule has 3 N–H and O–H groups in total. The molecule has 0 unspecified atom stereocenters. The molecule has 0 atom stereocenters. The molecule has 0 saturated heterocycles. The van der Waals surface area contributed by atoms with Crippen molar-refractivity contribution in [1.82, 2.24) is 0 Å². The summed E-state index contributed by atoms with van der Waals surface area (Å²) >= 11 is 0. The van der Waals surface area contributed by atoms with Crippen LogP contribution in [0.4, 0.5) is 0 Å². The summed E-state index contributed by atoms with van der Waals surface area (Å²) in [6.45, 7) is 3.50. The Balaban J connectivity index is 2.73. The van der Waals surface area contributed by atoms with Gasteiger partial charge in [-0.2, -0.15) is 0 Å². The summed E-state index contributed by atoms with van der Waals surface area (Å²) in [6, 6.07) is 13.6. The molecule has 0 spiro atoms. The fourth-order valence-corrected chi connectivity index (χ4v) is 4.61. The summed E-state index contributed by atoms with van der Waals surface area (Å²) in [5.41, 5.74) is 1.32. The zero-order chi connectivity index (χ0) is 13.4. The van der Waals surface area contributed by atoms with Crippen LogP contribution in [0.2, 0.25) is 0 Å². The molecule has 2 rings (SSSR count). The summed E-state index contributed by atoms with van der Waals surface area (Å²) in [5.74, 6) is 0. The van der Waals surface area contributed by atoms with Crippen LogP contribution in [0.3, 0.4) is 0 Å². The first-order chi connectivity index (χ1) is 8.31. The number of aryl methyl sites for hydroxylation is 2. The fourth-order valence-electron chi connectivity index (χ4n) is 2.18. The molecule has 0 aliphatic carbocycles. The van der Waals surface area contributed by atoms with Crippen LogP contribution in [0, 0.1) is 13.8 Å². The Morgan fingerprint density at radius 2 is 1.00 bits per heavy atom. The van der Waals surface area contributed by atoms with E-state index in [1.165, 1.54) is 0 Å². The normalized spacial score (nSPS) is 13.9. The van der Waals surface area contributed by atoms with E-state index in [0.29, 0.717) is 11.1 Å². The molecular weight excluding hydrogens is 247 g/mol. The maximum absolute atomic E-state index is 10.5. The third-order valence-electron chi connectivity index (χ3n) is 3.12. The number of hydrogen-bond acceptors (Lipinski definition) is 3. The van der Waals surface area contributed by atoms with Gasteiger partial charge in [-0.15, -0.1) is 0 Å². The van der Waals surface area contributed by atoms with E-state index in [2.05, 4.69) is 0 Å². The van der Waals surface area contributed by atoms with Gasteiger partial charge in [0, 0.05) is 0 Å². The summed E-state index contributed by atoms with van der Waals surface area (Å²) in [5, 5.41) is 0.385. The van der Waals surface area contributed by atoms with E-state index in [0.717, 1.165) is 0 Å². The van der Waals surface area contributed by atoms with Gasteiger partial charge >= 0.3 is 106 Å². The van der Waals surface area contributed by atoms with Gasteiger partial charge in [0.05, 0.1) is 0 Å². The molecule has 3 nitrogen and oxygen atoms in total. The zero-order valence-electron chi connectivity index (χ0n) is 10.4. The van der Waals surface area contributed by atoms with Crippen molar-refractivity contribution >= 4 is 17.9 Å². The molecule has 0 radical (unpaired) electrons. The SMILES string of the molecule is Cc1ccccc1P(O)(O)(O)c1ccccc1C. The van der Waals surface area contributed by atoms with Gasteiger partial charge in [0.15, 0.2) is 0 Å². The van der Waals surface area contributed by atoms with E-state index in [1.54, 1.807) is 62.4 Å². The van der Waals surface area contributed by atoms with Crippen molar-refractivity contribution in [3.8, 4) is 0 Å². The summed E-state index contributed by atoms with van der Waals surface area (Å²) < 4.78 is 0. The maximum atomic E-state index is 10.5. The first-order valence-electron chi connectivity index (χ1n) is 5.70. The van der Waals surface area contributed by atoms with Gasteiger partial charge in [0.2, 0.25) is 0 Å². The second-order valence-electron chi connectivity index (χ2n) is 4.55. The van der Waals surface area contributed by atoms with E-state index in [-0.39, 0.29) is 10.6 Å². The van der Waals surface area contributed by atoms with Crippen LogP contribution in [0.5, 0.6) is 0 Å². The van der Waals surface area contributed by atoms with Gasteiger partial charge in [-0.05, 0) is 0 Å². The van der Waals surface area contributed by atoms with E-state index in [4.69, 9.17) is 0 Å². The van der Waals surface area contributed by atoms with Gasteiger partial charge in [-0.25, -0.2) is 0 Å². The first kappa shape index (κ1) is 13.2. The Hall–Kier alpha value is -1.25. The molecular formula is C14H17O3P. The Morgan fingerprint density at radius 1 is 0.667 bits per heavy atom. The molecule has 0 bridgehead atoms. The topological polar surface area (TPSA) is 60.7 Å². The third kappa shape index (κ3) is 2.06. The van der Waals surface area contributed by atoms with Crippen LogP contribution in [-0.2, 0) is 0 Å². The second kappa shape index (κ2) is 4.15. The standard InChI is InChI=1S/C14H17O3P/c1-11-7-3-5-9-13(11)18(15,16,17)14-10-6-4-8-12(14)2/h3-10,15-17H,1-2H3. The monoisotopic (exact) mass is 264 g/mol. The average molecular weight is 264 g/mol. The molecule has 0 heterocycles. The van der Waals surface area contributed by atoms with Crippen molar-refractivity contribution in [1.29, 1.82) is 0 Å². The molecule has 2 aromatic rings. The number of rotatable bonds is 2. The van der Waals surface area contributed by atoms with Crippen molar-refractivity contribution in [3.05, 3.63) is 59.7 Å². The molecule has 96 valence electrons. The average Bonchev–Trinajstić information content (AvgIpc) is 2.29. The van der Waals surface area contributed by atoms with Crippen molar-refractivity contribution in [2.75, 3.05) is 0 Å². The van der Waals surface area contributed by atoms with Crippen LogP contribution >= 0.6 is 7.28 Å². The molecule has 0 aromatic heterocycles. The molecule has 4 heteroatoms. The summed E-state index contributed by atoms with van der Waals surface area (Å²) in [6.07, 6.45) is 0. The Bertz CT molecular complexity index is 535. The molecule has 0 aliphatic rings. The van der Waals surface area contributed by atoms with E-state index < -0.39 is 7.28 Å². The van der Waals surface area contributed by atoms with Gasteiger partial charge in [0.1, 0.15) is 0 Å². The third-order valence-corrected chi connectivity index (χ3v) is 5.90. The molecule has 2 aromatic carbocycles. The van der Waals surface area contributed by atoms with Gasteiger partial charge < -0.3 is 0 Å². The van der Waals surface area contributed by atoms with E-state index >= 15 is 0 Å². The fraction of sp³-hybridized carbons (Fsp3) is 0.143. The molecule has 0 amide bonds. The quantitative estimate of drug-likeness (QED) is 0.721. The van der Waals surface area contributed by atoms with Crippen molar-refractivity contribution in [2.45, 2.75) is 13.8 Å². The van der Waals surface area contributed by atoms with E-state index in [1.807, 2.05) is 0 Å². The molecule has 18 heavy (non-hydrogen) atoms. The summed E-state index contributed by atoms with van der Waals surface area (Å²) in [4.78, 5) is 31.6. The predicted molar refractivity (Wildman–Crippen MR) is 75.2 cm³/mol. The summed E-state index contributed by atoms with van der Waals surface area (Å²) in [7, 11) is -5.03. The number of benzene rings is 2. The number of hydrogen-bond donors (Lipinski definition) is 3. The van der Waals surface area contributed by atoms with Crippen LogP contribution in [0.15, 0.2) is 48.5 Å². The second-order valence-corrected chi connectivity index (χ2v) is 7.48. The van der Waals surface area contributed by atoms with Gasteiger partial charge in [-0.3, -0.25) is 0 Å². The van der Waals surface area contributed by atoms with Crippen LogP contribution in [-0.4, -0.2) is 14.7 Å². The molecule has 0 fully saturated rings. The minimum atomic E-state index is -5.03. The van der Waals surface area contributed by atoms with Gasteiger partial charge in [0.25, 0.3) is 0 Å².